The minimum Gasteiger partial charge on any atom is -0.545 e. The zero-order valence-corrected chi connectivity index (χ0v) is 56.8. The molecule has 0 bridgehead atoms. The molecular formula is C75H143NO8. The van der Waals surface area contributed by atoms with E-state index in [4.69, 9.17) is 18.9 Å². The Balaban J connectivity index is 3.88. The van der Waals surface area contributed by atoms with Gasteiger partial charge in [0.25, 0.3) is 0 Å². The number of esters is 2. The summed E-state index contributed by atoms with van der Waals surface area (Å²) in [7, 11) is 5.94. The molecule has 0 aliphatic heterocycles. The van der Waals surface area contributed by atoms with Gasteiger partial charge in [-0.1, -0.05) is 346 Å². The average Bonchev–Trinajstić information content (AvgIpc) is 3.55. The summed E-state index contributed by atoms with van der Waals surface area (Å²) in [5.74, 6) is -2.27. The van der Waals surface area contributed by atoms with Gasteiger partial charge < -0.3 is 33.3 Å². The van der Waals surface area contributed by atoms with Crippen molar-refractivity contribution in [3.05, 3.63) is 24.3 Å². The molecule has 0 saturated carbocycles. The SMILES string of the molecule is CCCCCC/C=C\C/C=C\CCCCCCCCCC(=O)OC(COC(=O)CCCCCCCCCCCCCCCCCCCCCCCCCCCCCCCCCCCCCCCCCCC)COC(OCC[N+](C)(C)C)C(=O)[O-]. The summed E-state index contributed by atoms with van der Waals surface area (Å²) in [4.78, 5) is 37.4. The molecule has 0 rings (SSSR count). The molecule has 0 aliphatic carbocycles. The number of ether oxygens (including phenoxy) is 4. The van der Waals surface area contributed by atoms with E-state index in [1.807, 2.05) is 21.1 Å². The van der Waals surface area contributed by atoms with Crippen molar-refractivity contribution >= 4 is 17.9 Å². The fourth-order valence-corrected chi connectivity index (χ4v) is 11.3. The van der Waals surface area contributed by atoms with Crippen molar-refractivity contribution in [2.45, 2.75) is 392 Å². The molecule has 0 spiro atoms. The zero-order chi connectivity index (χ0) is 61.2. The maximum absolute atomic E-state index is 12.9. The Bertz CT molecular complexity index is 1430. The van der Waals surface area contributed by atoms with Crippen LogP contribution >= 0.6 is 0 Å². The second-order valence-corrected chi connectivity index (χ2v) is 26.6. The monoisotopic (exact) mass is 1190 g/mol. The molecule has 0 radical (unpaired) electrons. The quantitative estimate of drug-likeness (QED) is 0.0195. The second-order valence-electron chi connectivity index (χ2n) is 26.6. The van der Waals surface area contributed by atoms with E-state index in [9.17, 15) is 19.5 Å². The lowest BCUT2D eigenvalue weighted by Gasteiger charge is -2.26. The van der Waals surface area contributed by atoms with E-state index >= 15 is 0 Å². The van der Waals surface area contributed by atoms with Crippen LogP contribution in [0, 0.1) is 0 Å². The van der Waals surface area contributed by atoms with Crippen molar-refractivity contribution in [1.82, 2.24) is 0 Å². The number of likely N-dealkylation sites (N-methyl/N-ethyl adjacent to an activating group) is 1. The van der Waals surface area contributed by atoms with Crippen LogP contribution in [0.2, 0.25) is 0 Å². The zero-order valence-electron chi connectivity index (χ0n) is 56.8. The van der Waals surface area contributed by atoms with Crippen LogP contribution in [-0.2, 0) is 33.3 Å². The number of allylic oxidation sites excluding steroid dienone is 4. The van der Waals surface area contributed by atoms with Gasteiger partial charge in [0.1, 0.15) is 13.2 Å². The number of aliphatic carboxylic acids is 1. The van der Waals surface area contributed by atoms with Crippen molar-refractivity contribution in [3.63, 3.8) is 0 Å². The van der Waals surface area contributed by atoms with Gasteiger partial charge in [0, 0.05) is 12.8 Å². The highest BCUT2D eigenvalue weighted by atomic mass is 16.7. The molecule has 0 aliphatic rings. The number of carboxylic acids is 1. The standard InChI is InChI=1S/C75H143NO8/c1-6-8-10-12-14-16-18-20-22-24-26-27-28-29-30-31-32-33-34-35-36-37-38-39-40-41-42-43-44-45-46-47-48-50-51-53-55-57-59-61-63-65-72(77)82-69-71(70-83-75(74(79)80)81-68-67-76(3,4)5)84-73(78)66-64-62-60-58-56-54-52-49-25-23-21-19-17-15-13-11-9-7-2/h17,19,23,25,71,75H,6-16,18,20-22,24,26-70H2,1-5H3/b19-17-,25-23-. The van der Waals surface area contributed by atoms with E-state index in [1.54, 1.807) is 0 Å². The highest BCUT2D eigenvalue weighted by Gasteiger charge is 2.22. The first-order chi connectivity index (χ1) is 41.1. The summed E-state index contributed by atoms with van der Waals surface area (Å²) < 4.78 is 22.8. The largest absolute Gasteiger partial charge is 0.545 e. The van der Waals surface area contributed by atoms with Gasteiger partial charge in [0.05, 0.1) is 40.3 Å². The van der Waals surface area contributed by atoms with Crippen molar-refractivity contribution in [1.29, 1.82) is 0 Å². The summed E-state index contributed by atoms with van der Waals surface area (Å²) in [6, 6.07) is 0. The highest BCUT2D eigenvalue weighted by molar-refractivity contribution is 5.70. The maximum atomic E-state index is 12.9. The summed E-state index contributed by atoms with van der Waals surface area (Å²) in [6.07, 6.45) is 80.2. The van der Waals surface area contributed by atoms with Gasteiger partial charge in [0.15, 0.2) is 12.4 Å². The predicted octanol–water partition coefficient (Wildman–Crippen LogP) is 21.6. The molecule has 2 unspecified atom stereocenters. The van der Waals surface area contributed by atoms with E-state index < -0.39 is 24.3 Å². The smallest absolute Gasteiger partial charge is 0.306 e. The Kier molecular flexibility index (Phi) is 64.9. The molecule has 2 atom stereocenters. The highest BCUT2D eigenvalue weighted by Crippen LogP contribution is 2.19. The van der Waals surface area contributed by atoms with Gasteiger partial charge in [-0.3, -0.25) is 9.59 Å². The van der Waals surface area contributed by atoms with Crippen LogP contribution in [-0.4, -0.2) is 82.3 Å². The molecule has 0 heterocycles. The Morgan fingerprint density at radius 3 is 0.952 bits per heavy atom. The third kappa shape index (κ3) is 67.3. The van der Waals surface area contributed by atoms with E-state index in [2.05, 4.69) is 38.2 Å². The normalized spacial score (nSPS) is 12.7. The second kappa shape index (κ2) is 66.7. The van der Waals surface area contributed by atoms with Crippen molar-refractivity contribution < 1.29 is 42.9 Å². The number of hydrogen-bond donors (Lipinski definition) is 0. The van der Waals surface area contributed by atoms with E-state index in [-0.39, 0.29) is 32.2 Å². The third-order valence-electron chi connectivity index (χ3n) is 17.0. The van der Waals surface area contributed by atoms with Crippen LogP contribution in [0.5, 0.6) is 0 Å². The van der Waals surface area contributed by atoms with Gasteiger partial charge in [-0.25, -0.2) is 0 Å². The van der Waals surface area contributed by atoms with Gasteiger partial charge in [0.2, 0.25) is 0 Å². The summed E-state index contributed by atoms with van der Waals surface area (Å²) in [5.41, 5.74) is 0. The van der Waals surface area contributed by atoms with Crippen LogP contribution in [0.4, 0.5) is 0 Å². The molecule has 0 aromatic heterocycles. The first-order valence-electron chi connectivity index (χ1n) is 37.0. The number of rotatable bonds is 70. The van der Waals surface area contributed by atoms with Crippen LogP contribution < -0.4 is 5.11 Å². The number of carbonyl (C=O) groups is 3. The minimum absolute atomic E-state index is 0.148. The van der Waals surface area contributed by atoms with Crippen molar-refractivity contribution in [3.8, 4) is 0 Å². The number of quaternary nitrogens is 1. The minimum atomic E-state index is -1.62. The molecule has 9 heteroatoms. The number of carbonyl (C=O) groups excluding carboxylic acids is 3. The molecule has 84 heavy (non-hydrogen) atoms. The molecule has 0 saturated heterocycles. The first kappa shape index (κ1) is 81.8. The lowest BCUT2D eigenvalue weighted by atomic mass is 10.0. The molecule has 0 amide bonds. The topological polar surface area (TPSA) is 111 Å². The van der Waals surface area contributed by atoms with Crippen molar-refractivity contribution in [2.24, 2.45) is 0 Å². The molecule has 0 aromatic carbocycles. The summed E-state index contributed by atoms with van der Waals surface area (Å²) >= 11 is 0. The molecule has 0 aromatic rings. The number of unbranched alkanes of at least 4 members (excludes halogenated alkanes) is 51. The van der Waals surface area contributed by atoms with Gasteiger partial charge >= 0.3 is 11.9 Å². The number of nitrogens with zero attached hydrogens (tertiary/aromatic N) is 1. The van der Waals surface area contributed by atoms with Crippen LogP contribution in [0.1, 0.15) is 380 Å². The van der Waals surface area contributed by atoms with Gasteiger partial charge in [-0.15, -0.1) is 0 Å². The Hall–Kier alpha value is -2.23. The van der Waals surface area contributed by atoms with E-state index in [0.29, 0.717) is 23.9 Å². The van der Waals surface area contributed by atoms with Crippen molar-refractivity contribution in [2.75, 3.05) is 47.5 Å². The summed E-state index contributed by atoms with van der Waals surface area (Å²) in [6.45, 7) is 4.78. The van der Waals surface area contributed by atoms with Crippen LogP contribution in [0.15, 0.2) is 24.3 Å². The Labute approximate surface area is 522 Å². The fourth-order valence-electron chi connectivity index (χ4n) is 11.3. The summed E-state index contributed by atoms with van der Waals surface area (Å²) in [5, 5.41) is 11.8. The Morgan fingerprint density at radius 1 is 0.357 bits per heavy atom. The molecule has 0 N–H and O–H groups in total. The van der Waals surface area contributed by atoms with Gasteiger partial charge in [-0.2, -0.15) is 0 Å². The molecule has 9 nitrogen and oxygen atoms in total. The van der Waals surface area contributed by atoms with Gasteiger partial charge in [-0.05, 0) is 44.9 Å². The Morgan fingerprint density at radius 2 is 0.643 bits per heavy atom. The number of hydrogen-bond acceptors (Lipinski definition) is 8. The van der Waals surface area contributed by atoms with Crippen LogP contribution in [0.25, 0.3) is 0 Å². The first-order valence-corrected chi connectivity index (χ1v) is 37.0. The molecule has 0 fully saturated rings. The average molecular weight is 1190 g/mol. The van der Waals surface area contributed by atoms with E-state index in [1.165, 1.54) is 295 Å². The number of carboxylic acid groups (broad SMARTS) is 1. The maximum Gasteiger partial charge on any atom is 0.306 e. The van der Waals surface area contributed by atoms with E-state index in [0.717, 1.165) is 51.4 Å². The predicted molar refractivity (Wildman–Crippen MR) is 357 cm³/mol. The lowest BCUT2D eigenvalue weighted by Crippen LogP contribution is -2.44. The molecular weight excluding hydrogens is 1040 g/mol. The third-order valence-corrected chi connectivity index (χ3v) is 17.0. The fraction of sp³-hybridized carbons (Fsp3) is 0.907. The lowest BCUT2D eigenvalue weighted by molar-refractivity contribution is -0.870. The van der Waals surface area contributed by atoms with Crippen LogP contribution in [0.3, 0.4) is 0 Å². The molecule has 496 valence electrons.